The number of unbranched alkanes of at least 4 members (excludes halogenated alkanes) is 19. The summed E-state index contributed by atoms with van der Waals surface area (Å²) in [5.41, 5.74) is 0. The molecular weight excluding hydrogens is 520 g/mol. The first-order valence-corrected chi connectivity index (χ1v) is 18.1. The molecular formula is C38H70O4. The molecule has 246 valence electrons. The Bertz CT molecular complexity index is 625. The second kappa shape index (κ2) is 35.8. The molecule has 0 fully saturated rings. The zero-order chi connectivity index (χ0) is 30.6. The maximum atomic E-state index is 12.1. The molecule has 0 saturated heterocycles. The number of aliphatic hydroxyl groups is 1. The van der Waals surface area contributed by atoms with Gasteiger partial charge >= 0.3 is 5.97 Å². The van der Waals surface area contributed by atoms with E-state index in [4.69, 9.17) is 9.47 Å². The van der Waals surface area contributed by atoms with Crippen molar-refractivity contribution in [2.45, 2.75) is 180 Å². The number of hydrogen-bond acceptors (Lipinski definition) is 4. The first-order chi connectivity index (χ1) is 20.7. The van der Waals surface area contributed by atoms with Crippen LogP contribution in [0.5, 0.6) is 0 Å². The van der Waals surface area contributed by atoms with Crippen molar-refractivity contribution in [3.63, 3.8) is 0 Å². The van der Waals surface area contributed by atoms with E-state index in [9.17, 15) is 9.90 Å². The summed E-state index contributed by atoms with van der Waals surface area (Å²) in [5, 5.41) is 9.54. The number of carbonyl (C=O) groups excluding carboxylic acids is 1. The average Bonchev–Trinajstić information content (AvgIpc) is 3.00. The van der Waals surface area contributed by atoms with Gasteiger partial charge in [-0.05, 0) is 70.6 Å². The fourth-order valence-corrected chi connectivity index (χ4v) is 4.94. The molecule has 1 atom stereocenters. The number of carbonyl (C=O) groups is 1. The first-order valence-electron chi connectivity index (χ1n) is 18.1. The van der Waals surface area contributed by atoms with E-state index in [2.05, 4.69) is 50.3 Å². The highest BCUT2D eigenvalue weighted by Gasteiger charge is 2.13. The number of esters is 1. The quantitative estimate of drug-likeness (QED) is 0.0469. The Morgan fingerprint density at radius 3 is 1.50 bits per heavy atom. The van der Waals surface area contributed by atoms with Gasteiger partial charge in [-0.2, -0.15) is 0 Å². The summed E-state index contributed by atoms with van der Waals surface area (Å²) in [5.74, 6) is -0.215. The highest BCUT2D eigenvalue weighted by Crippen LogP contribution is 2.11. The van der Waals surface area contributed by atoms with Crippen molar-refractivity contribution in [3.8, 4) is 0 Å². The summed E-state index contributed by atoms with van der Waals surface area (Å²) < 4.78 is 11.1. The van der Waals surface area contributed by atoms with Gasteiger partial charge in [-0.25, -0.2) is 0 Å². The van der Waals surface area contributed by atoms with Crippen LogP contribution in [0.1, 0.15) is 174 Å². The van der Waals surface area contributed by atoms with Crippen molar-refractivity contribution in [2.24, 2.45) is 0 Å². The molecule has 4 nitrogen and oxygen atoms in total. The molecule has 0 spiro atoms. The van der Waals surface area contributed by atoms with Crippen LogP contribution in [0.25, 0.3) is 0 Å². The summed E-state index contributed by atoms with van der Waals surface area (Å²) in [6.07, 6.45) is 43.2. The third-order valence-electron chi connectivity index (χ3n) is 7.69. The number of aliphatic hydroxyl groups excluding tert-OH is 1. The van der Waals surface area contributed by atoms with Gasteiger partial charge in [-0.3, -0.25) is 4.79 Å². The first kappa shape index (κ1) is 40.6. The van der Waals surface area contributed by atoms with E-state index in [-0.39, 0.29) is 19.2 Å². The molecule has 0 amide bonds. The minimum absolute atomic E-state index is 0.179. The largest absolute Gasteiger partial charge is 0.457 e. The van der Waals surface area contributed by atoms with Crippen LogP contribution in [-0.2, 0) is 14.3 Å². The number of hydrogen-bond donors (Lipinski definition) is 1. The third-order valence-corrected chi connectivity index (χ3v) is 7.69. The SMILES string of the molecule is CCCCCC/C=C\C/C=C\CCCCCCCCOCC(CO)OC(=O)CCCCCCC/C=C\CCCCCC. The van der Waals surface area contributed by atoms with Crippen molar-refractivity contribution in [1.82, 2.24) is 0 Å². The maximum absolute atomic E-state index is 12.1. The molecule has 0 aliphatic heterocycles. The van der Waals surface area contributed by atoms with Crippen LogP contribution < -0.4 is 0 Å². The fraction of sp³-hybridized carbons (Fsp3) is 0.816. The number of ether oxygens (including phenoxy) is 2. The zero-order valence-corrected chi connectivity index (χ0v) is 28.0. The van der Waals surface area contributed by atoms with Crippen LogP contribution in [0.15, 0.2) is 36.5 Å². The van der Waals surface area contributed by atoms with Crippen LogP contribution in [0.4, 0.5) is 0 Å². The summed E-state index contributed by atoms with van der Waals surface area (Å²) in [4.78, 5) is 12.1. The molecule has 1 unspecified atom stereocenters. The molecule has 1 N–H and O–H groups in total. The maximum Gasteiger partial charge on any atom is 0.306 e. The molecule has 0 aromatic heterocycles. The van der Waals surface area contributed by atoms with E-state index in [0.29, 0.717) is 13.0 Å². The van der Waals surface area contributed by atoms with Crippen molar-refractivity contribution in [3.05, 3.63) is 36.5 Å². The summed E-state index contributed by atoms with van der Waals surface area (Å²) in [6, 6.07) is 0. The van der Waals surface area contributed by atoms with Crippen LogP contribution in [0, 0.1) is 0 Å². The zero-order valence-electron chi connectivity index (χ0n) is 28.0. The molecule has 0 aromatic rings. The Hall–Kier alpha value is -1.39. The predicted molar refractivity (Wildman–Crippen MR) is 182 cm³/mol. The topological polar surface area (TPSA) is 55.8 Å². The highest BCUT2D eigenvalue weighted by atomic mass is 16.6. The van der Waals surface area contributed by atoms with Gasteiger partial charge in [-0.15, -0.1) is 0 Å². The Kier molecular flexibility index (Phi) is 34.6. The molecule has 0 aliphatic carbocycles. The smallest absolute Gasteiger partial charge is 0.306 e. The van der Waals surface area contributed by atoms with Crippen molar-refractivity contribution < 1.29 is 19.4 Å². The highest BCUT2D eigenvalue weighted by molar-refractivity contribution is 5.69. The molecule has 0 saturated carbocycles. The normalized spacial score (nSPS) is 12.7. The third kappa shape index (κ3) is 33.1. The van der Waals surface area contributed by atoms with Crippen molar-refractivity contribution >= 4 is 5.97 Å². The molecule has 0 bridgehead atoms. The lowest BCUT2D eigenvalue weighted by atomic mass is 10.1. The minimum Gasteiger partial charge on any atom is -0.457 e. The van der Waals surface area contributed by atoms with Gasteiger partial charge in [0.1, 0.15) is 6.10 Å². The number of allylic oxidation sites excluding steroid dienone is 6. The van der Waals surface area contributed by atoms with E-state index in [0.717, 1.165) is 32.1 Å². The van der Waals surface area contributed by atoms with Gasteiger partial charge in [-0.1, -0.05) is 134 Å². The molecule has 42 heavy (non-hydrogen) atoms. The van der Waals surface area contributed by atoms with Gasteiger partial charge in [0.25, 0.3) is 0 Å². The van der Waals surface area contributed by atoms with Gasteiger partial charge < -0.3 is 14.6 Å². The second-order valence-electron chi connectivity index (χ2n) is 11.9. The molecule has 0 radical (unpaired) electrons. The Morgan fingerprint density at radius 2 is 1.00 bits per heavy atom. The van der Waals surface area contributed by atoms with E-state index >= 15 is 0 Å². The second-order valence-corrected chi connectivity index (χ2v) is 11.9. The summed E-state index contributed by atoms with van der Waals surface area (Å²) in [6.45, 7) is 5.28. The van der Waals surface area contributed by atoms with E-state index in [1.807, 2.05) is 0 Å². The lowest BCUT2D eigenvalue weighted by molar-refractivity contribution is -0.154. The van der Waals surface area contributed by atoms with Gasteiger partial charge in [0.15, 0.2) is 0 Å². The minimum atomic E-state index is -0.541. The Balaban J connectivity index is 3.48. The van der Waals surface area contributed by atoms with E-state index < -0.39 is 6.10 Å². The average molecular weight is 591 g/mol. The van der Waals surface area contributed by atoms with Crippen molar-refractivity contribution in [2.75, 3.05) is 19.8 Å². The molecule has 0 aliphatic rings. The lowest BCUT2D eigenvalue weighted by Crippen LogP contribution is -2.27. The van der Waals surface area contributed by atoms with Gasteiger partial charge in [0.05, 0.1) is 13.2 Å². The standard InChI is InChI=1S/C38H70O4/c1-3-5-7-9-11-13-15-17-18-19-20-22-24-26-28-30-32-34-41-36-37(35-39)42-38(40)33-31-29-27-25-23-21-16-14-12-10-8-6-4-2/h13-16,18-19,37,39H,3-12,17,20-36H2,1-2H3/b15-13-,16-14-,19-18-. The van der Waals surface area contributed by atoms with Crippen molar-refractivity contribution in [1.29, 1.82) is 0 Å². The van der Waals surface area contributed by atoms with Crippen LogP contribution in [0.2, 0.25) is 0 Å². The lowest BCUT2D eigenvalue weighted by Gasteiger charge is -2.15. The van der Waals surface area contributed by atoms with Crippen LogP contribution in [-0.4, -0.2) is 37.0 Å². The molecule has 0 aromatic carbocycles. The Labute approximate surface area is 261 Å². The summed E-state index contributed by atoms with van der Waals surface area (Å²) >= 11 is 0. The summed E-state index contributed by atoms with van der Waals surface area (Å²) in [7, 11) is 0. The predicted octanol–water partition coefficient (Wildman–Crippen LogP) is 11.4. The monoisotopic (exact) mass is 591 g/mol. The molecule has 4 heteroatoms. The van der Waals surface area contributed by atoms with E-state index in [1.54, 1.807) is 0 Å². The van der Waals surface area contributed by atoms with Crippen LogP contribution >= 0.6 is 0 Å². The number of rotatable bonds is 33. The van der Waals surface area contributed by atoms with Gasteiger partial charge in [0, 0.05) is 13.0 Å². The molecule has 0 heterocycles. The van der Waals surface area contributed by atoms with Crippen LogP contribution in [0.3, 0.4) is 0 Å². The molecule has 0 rings (SSSR count). The van der Waals surface area contributed by atoms with E-state index in [1.165, 1.54) is 122 Å². The fourth-order valence-electron chi connectivity index (χ4n) is 4.94. The Morgan fingerprint density at radius 1 is 0.571 bits per heavy atom. The van der Waals surface area contributed by atoms with Gasteiger partial charge in [0.2, 0.25) is 0 Å².